The van der Waals surface area contributed by atoms with Crippen LogP contribution in [0.2, 0.25) is 0 Å². The molecule has 4 aromatic rings. The van der Waals surface area contributed by atoms with Crippen LogP contribution in [0.25, 0.3) is 23.0 Å². The van der Waals surface area contributed by atoms with Gasteiger partial charge in [0.15, 0.2) is 5.69 Å². The Bertz CT molecular complexity index is 1080. The molecule has 8 heteroatoms. The van der Waals surface area contributed by atoms with E-state index in [1.807, 2.05) is 31.2 Å². The van der Waals surface area contributed by atoms with Gasteiger partial charge in [-0.3, -0.25) is 0 Å². The molecule has 0 bridgehead atoms. The maximum Gasteiger partial charge on any atom is 0.278 e. The molecule has 2 heterocycles. The zero-order valence-electron chi connectivity index (χ0n) is 15.7. The fourth-order valence-corrected chi connectivity index (χ4v) is 2.72. The number of ether oxygens (including phenoxy) is 1. The number of hydrogen-bond donors (Lipinski definition) is 1. The first-order chi connectivity index (χ1) is 14.2. The van der Waals surface area contributed by atoms with Crippen molar-refractivity contribution in [3.05, 3.63) is 72.0 Å². The van der Waals surface area contributed by atoms with E-state index in [-0.39, 0.29) is 11.7 Å². The first kappa shape index (κ1) is 18.5. The summed E-state index contributed by atoms with van der Waals surface area (Å²) in [6, 6.07) is 17.2. The molecule has 0 spiro atoms. The van der Waals surface area contributed by atoms with Crippen molar-refractivity contribution in [3.8, 4) is 28.7 Å². The lowest BCUT2D eigenvalue weighted by atomic mass is 10.2. The average Bonchev–Trinajstić information content (AvgIpc) is 3.24. The molecule has 0 saturated heterocycles. The fraction of sp³-hybridized carbons (Fsp3) is 0.143. The van der Waals surface area contributed by atoms with Crippen molar-refractivity contribution < 1.29 is 13.7 Å². The van der Waals surface area contributed by atoms with Crippen molar-refractivity contribution in [3.63, 3.8) is 0 Å². The smallest absolute Gasteiger partial charge is 0.278 e. The van der Waals surface area contributed by atoms with Crippen LogP contribution in [0.3, 0.4) is 0 Å². The number of para-hydroxylation sites is 1. The Balaban J connectivity index is 1.44. The van der Waals surface area contributed by atoms with Gasteiger partial charge in [0, 0.05) is 17.7 Å². The number of benzene rings is 2. The molecule has 0 atom stereocenters. The Morgan fingerprint density at radius 3 is 2.59 bits per heavy atom. The monoisotopic (exact) mass is 391 g/mol. The van der Waals surface area contributed by atoms with Gasteiger partial charge in [0.05, 0.1) is 6.61 Å². The number of nitrogens with one attached hydrogen (secondary N) is 1. The predicted octanol–water partition coefficient (Wildman–Crippen LogP) is 4.34. The normalized spacial score (nSPS) is 10.7. The van der Waals surface area contributed by atoms with Crippen molar-refractivity contribution in [1.82, 2.24) is 20.3 Å². The number of anilines is 1. The summed E-state index contributed by atoms with van der Waals surface area (Å²) in [5.41, 5.74) is 2.13. The number of aromatic nitrogens is 4. The van der Waals surface area contributed by atoms with Gasteiger partial charge in [-0.25, -0.2) is 4.39 Å². The van der Waals surface area contributed by atoms with Gasteiger partial charge in [-0.2, -0.15) is 4.98 Å². The third-order valence-corrected chi connectivity index (χ3v) is 4.14. The largest absolute Gasteiger partial charge is 0.494 e. The Kier molecular flexibility index (Phi) is 5.42. The zero-order valence-corrected chi connectivity index (χ0v) is 15.7. The summed E-state index contributed by atoms with van der Waals surface area (Å²) >= 11 is 0. The van der Waals surface area contributed by atoms with Gasteiger partial charge in [-0.15, -0.1) is 10.2 Å². The van der Waals surface area contributed by atoms with Crippen molar-refractivity contribution in [2.24, 2.45) is 0 Å². The molecular formula is C21H18FN5O2. The molecular weight excluding hydrogens is 373 g/mol. The van der Waals surface area contributed by atoms with E-state index in [0.29, 0.717) is 36.1 Å². The minimum atomic E-state index is -0.324. The minimum Gasteiger partial charge on any atom is -0.494 e. The van der Waals surface area contributed by atoms with Gasteiger partial charge in [0.2, 0.25) is 5.82 Å². The lowest BCUT2D eigenvalue weighted by Gasteiger charge is -2.10. The summed E-state index contributed by atoms with van der Waals surface area (Å²) in [4.78, 5) is 4.30. The molecule has 0 aliphatic heterocycles. The van der Waals surface area contributed by atoms with Gasteiger partial charge in [0.1, 0.15) is 17.4 Å². The maximum absolute atomic E-state index is 13.0. The Morgan fingerprint density at radius 2 is 1.83 bits per heavy atom. The van der Waals surface area contributed by atoms with E-state index in [1.165, 1.54) is 12.1 Å². The van der Waals surface area contributed by atoms with Gasteiger partial charge < -0.3 is 14.6 Å². The molecule has 7 nitrogen and oxygen atoms in total. The maximum atomic E-state index is 13.0. The third-order valence-electron chi connectivity index (χ3n) is 4.14. The molecule has 0 fully saturated rings. The van der Waals surface area contributed by atoms with E-state index in [9.17, 15) is 4.39 Å². The van der Waals surface area contributed by atoms with E-state index in [1.54, 1.807) is 24.3 Å². The second-order valence-electron chi connectivity index (χ2n) is 6.13. The van der Waals surface area contributed by atoms with Crippen molar-refractivity contribution in [1.29, 1.82) is 0 Å². The highest BCUT2D eigenvalue weighted by molar-refractivity contribution is 5.58. The highest BCUT2D eigenvalue weighted by atomic mass is 19.1. The van der Waals surface area contributed by atoms with E-state index in [0.717, 1.165) is 11.3 Å². The summed E-state index contributed by atoms with van der Waals surface area (Å²) in [7, 11) is 0. The predicted molar refractivity (Wildman–Crippen MR) is 106 cm³/mol. The molecule has 0 aliphatic rings. The van der Waals surface area contributed by atoms with Crippen LogP contribution >= 0.6 is 0 Å². The highest BCUT2D eigenvalue weighted by Crippen LogP contribution is 2.22. The van der Waals surface area contributed by atoms with Crippen molar-refractivity contribution in [2.45, 2.75) is 13.5 Å². The van der Waals surface area contributed by atoms with Gasteiger partial charge >= 0.3 is 0 Å². The molecule has 0 unspecified atom stereocenters. The van der Waals surface area contributed by atoms with Crippen LogP contribution in [-0.2, 0) is 6.54 Å². The Labute approximate surface area is 166 Å². The SMILES string of the molecule is CCOc1ccccc1CNc1ccc(-c2nc(-c3ccc(F)cc3)no2)nn1. The lowest BCUT2D eigenvalue weighted by Crippen LogP contribution is -2.05. The van der Waals surface area contributed by atoms with E-state index < -0.39 is 0 Å². The highest BCUT2D eigenvalue weighted by Gasteiger charge is 2.12. The molecule has 0 radical (unpaired) electrons. The Hall–Kier alpha value is -3.81. The molecule has 2 aromatic carbocycles. The van der Waals surface area contributed by atoms with Crippen LogP contribution < -0.4 is 10.1 Å². The summed E-state index contributed by atoms with van der Waals surface area (Å²) in [6.07, 6.45) is 0. The topological polar surface area (TPSA) is 86.0 Å². The first-order valence-electron chi connectivity index (χ1n) is 9.11. The minimum absolute atomic E-state index is 0.241. The first-order valence-corrected chi connectivity index (χ1v) is 9.11. The van der Waals surface area contributed by atoms with E-state index in [2.05, 4.69) is 25.7 Å². The van der Waals surface area contributed by atoms with Crippen LogP contribution in [0, 0.1) is 5.82 Å². The van der Waals surface area contributed by atoms with Gasteiger partial charge in [-0.05, 0) is 49.4 Å². The van der Waals surface area contributed by atoms with Crippen LogP contribution in [0.4, 0.5) is 10.2 Å². The zero-order chi connectivity index (χ0) is 20.1. The third kappa shape index (κ3) is 4.37. The quantitative estimate of drug-likeness (QED) is 0.501. The molecule has 1 N–H and O–H groups in total. The molecule has 4 rings (SSSR count). The molecule has 29 heavy (non-hydrogen) atoms. The van der Waals surface area contributed by atoms with E-state index >= 15 is 0 Å². The van der Waals surface area contributed by atoms with Crippen LogP contribution in [0.1, 0.15) is 12.5 Å². The van der Waals surface area contributed by atoms with Crippen LogP contribution in [-0.4, -0.2) is 26.9 Å². The summed E-state index contributed by atoms with van der Waals surface area (Å²) < 4.78 is 23.9. The molecule has 0 saturated carbocycles. The molecule has 146 valence electrons. The number of nitrogens with zero attached hydrogens (tertiary/aromatic N) is 4. The van der Waals surface area contributed by atoms with Gasteiger partial charge in [0.25, 0.3) is 5.89 Å². The van der Waals surface area contributed by atoms with Crippen LogP contribution in [0.5, 0.6) is 5.75 Å². The standard InChI is InChI=1S/C21H18FN5O2/c1-2-28-18-6-4-3-5-15(18)13-23-19-12-11-17(25-26-19)21-24-20(27-29-21)14-7-9-16(22)10-8-14/h3-12H,2,13H2,1H3,(H,23,26). The second-order valence-corrected chi connectivity index (χ2v) is 6.13. The van der Waals surface area contributed by atoms with Crippen molar-refractivity contribution >= 4 is 5.82 Å². The lowest BCUT2D eigenvalue weighted by molar-refractivity contribution is 0.337. The fourth-order valence-electron chi connectivity index (χ4n) is 2.72. The van der Waals surface area contributed by atoms with Gasteiger partial charge in [-0.1, -0.05) is 23.4 Å². The Morgan fingerprint density at radius 1 is 1.00 bits per heavy atom. The number of rotatable bonds is 7. The number of halogens is 1. The summed E-state index contributed by atoms with van der Waals surface area (Å²) in [5, 5.41) is 15.4. The second kappa shape index (κ2) is 8.47. The molecule has 0 aliphatic carbocycles. The van der Waals surface area contributed by atoms with Crippen LogP contribution in [0.15, 0.2) is 65.2 Å². The number of hydrogen-bond acceptors (Lipinski definition) is 7. The molecule has 2 aromatic heterocycles. The summed E-state index contributed by atoms with van der Waals surface area (Å²) in [6.45, 7) is 3.11. The average molecular weight is 391 g/mol. The molecule has 0 amide bonds. The van der Waals surface area contributed by atoms with Crippen molar-refractivity contribution in [2.75, 3.05) is 11.9 Å². The van der Waals surface area contributed by atoms with E-state index in [4.69, 9.17) is 9.26 Å². The summed E-state index contributed by atoms with van der Waals surface area (Å²) in [5.74, 6) is 1.72.